The van der Waals surface area contributed by atoms with E-state index in [0.29, 0.717) is 6.42 Å². The van der Waals surface area contributed by atoms with Crippen LogP contribution in [0.4, 0.5) is 0 Å². The molecule has 2 heterocycles. The second-order valence-corrected chi connectivity index (χ2v) is 5.52. The van der Waals surface area contributed by atoms with Crippen molar-refractivity contribution in [3.63, 3.8) is 0 Å². The first kappa shape index (κ1) is 14.1. The molecule has 0 bridgehead atoms. The van der Waals surface area contributed by atoms with Crippen molar-refractivity contribution in [2.75, 3.05) is 26.7 Å². The highest BCUT2D eigenvalue weighted by Crippen LogP contribution is 2.17. The van der Waals surface area contributed by atoms with Gasteiger partial charge in [0.2, 0.25) is 5.91 Å². The van der Waals surface area contributed by atoms with Gasteiger partial charge < -0.3 is 10.2 Å². The van der Waals surface area contributed by atoms with Gasteiger partial charge in [0.25, 0.3) is 0 Å². The molecule has 0 radical (unpaired) electrons. The van der Waals surface area contributed by atoms with Gasteiger partial charge in [0, 0.05) is 25.7 Å². The zero-order valence-corrected chi connectivity index (χ0v) is 11.7. The van der Waals surface area contributed by atoms with Gasteiger partial charge >= 0.3 is 0 Å². The van der Waals surface area contributed by atoms with Gasteiger partial charge in [0.05, 0.1) is 6.20 Å². The lowest BCUT2D eigenvalue weighted by Crippen LogP contribution is -2.34. The minimum atomic E-state index is 0.144. The number of amides is 1. The van der Waals surface area contributed by atoms with Crippen LogP contribution in [0.1, 0.15) is 31.2 Å². The predicted molar refractivity (Wildman–Crippen MR) is 74.8 cm³/mol. The molecule has 1 aromatic rings. The molecule has 5 nitrogen and oxygen atoms in total. The molecule has 2 rings (SSSR count). The smallest absolute Gasteiger partial charge is 0.220 e. The Balaban J connectivity index is 1.56. The molecule has 1 fully saturated rings. The second-order valence-electron chi connectivity index (χ2n) is 5.52. The van der Waals surface area contributed by atoms with Crippen LogP contribution in [0.5, 0.6) is 0 Å². The van der Waals surface area contributed by atoms with Crippen molar-refractivity contribution in [3.8, 4) is 0 Å². The van der Waals surface area contributed by atoms with Gasteiger partial charge in [-0.2, -0.15) is 5.10 Å². The molecule has 0 aromatic carbocycles. The van der Waals surface area contributed by atoms with Crippen LogP contribution in [0, 0.1) is 5.92 Å². The summed E-state index contributed by atoms with van der Waals surface area (Å²) in [4.78, 5) is 14.1. The molecule has 19 heavy (non-hydrogen) atoms. The Bertz CT molecular complexity index is 377. The fourth-order valence-electron chi connectivity index (χ4n) is 2.69. The Labute approximate surface area is 114 Å². The van der Waals surface area contributed by atoms with Crippen molar-refractivity contribution in [1.82, 2.24) is 20.4 Å². The first-order chi connectivity index (χ1) is 9.24. The standard InChI is InChI=1S/C14H24N4O/c1-18-8-2-3-12(11-18)6-7-15-14(19)5-4-13-9-16-17-10-13/h9-10,12H,2-8,11H2,1H3,(H,15,19)(H,16,17)/t12-/m1/s1. The Morgan fingerprint density at radius 3 is 3.26 bits per heavy atom. The van der Waals surface area contributed by atoms with Crippen LogP contribution >= 0.6 is 0 Å². The number of likely N-dealkylation sites (tertiary alicyclic amines) is 1. The summed E-state index contributed by atoms with van der Waals surface area (Å²) in [6.45, 7) is 3.20. The molecule has 5 heteroatoms. The van der Waals surface area contributed by atoms with E-state index in [9.17, 15) is 4.79 Å². The lowest BCUT2D eigenvalue weighted by atomic mass is 9.95. The third-order valence-electron chi connectivity index (χ3n) is 3.79. The van der Waals surface area contributed by atoms with E-state index in [1.54, 1.807) is 6.20 Å². The van der Waals surface area contributed by atoms with Gasteiger partial charge in [0.15, 0.2) is 0 Å². The number of aryl methyl sites for hydroxylation is 1. The number of aromatic amines is 1. The first-order valence-corrected chi connectivity index (χ1v) is 7.17. The quantitative estimate of drug-likeness (QED) is 0.811. The number of H-pyrrole nitrogens is 1. The molecule has 1 saturated heterocycles. The molecule has 1 amide bonds. The van der Waals surface area contributed by atoms with E-state index in [1.807, 2.05) is 6.20 Å². The summed E-state index contributed by atoms with van der Waals surface area (Å²) < 4.78 is 0. The lowest BCUT2D eigenvalue weighted by molar-refractivity contribution is -0.121. The Hall–Kier alpha value is -1.36. The SMILES string of the molecule is CN1CCC[C@H](CCNC(=O)CCc2cn[nH]c2)C1. The van der Waals surface area contributed by atoms with Gasteiger partial charge in [0.1, 0.15) is 0 Å². The summed E-state index contributed by atoms with van der Waals surface area (Å²) in [7, 11) is 2.18. The highest BCUT2D eigenvalue weighted by atomic mass is 16.1. The minimum Gasteiger partial charge on any atom is -0.356 e. The summed E-state index contributed by atoms with van der Waals surface area (Å²) in [5.41, 5.74) is 1.09. The van der Waals surface area contributed by atoms with Gasteiger partial charge in [-0.1, -0.05) is 0 Å². The van der Waals surface area contributed by atoms with Crippen LogP contribution in [0.3, 0.4) is 0 Å². The van der Waals surface area contributed by atoms with E-state index < -0.39 is 0 Å². The van der Waals surface area contributed by atoms with E-state index in [1.165, 1.54) is 25.9 Å². The highest BCUT2D eigenvalue weighted by molar-refractivity contribution is 5.76. The van der Waals surface area contributed by atoms with E-state index >= 15 is 0 Å². The third-order valence-corrected chi connectivity index (χ3v) is 3.79. The summed E-state index contributed by atoms with van der Waals surface area (Å²) >= 11 is 0. The summed E-state index contributed by atoms with van der Waals surface area (Å²) in [6.07, 6.45) is 8.60. The summed E-state index contributed by atoms with van der Waals surface area (Å²) in [6, 6.07) is 0. The maximum Gasteiger partial charge on any atom is 0.220 e. The second kappa shape index (κ2) is 7.28. The van der Waals surface area contributed by atoms with Gasteiger partial charge in [-0.3, -0.25) is 9.89 Å². The monoisotopic (exact) mass is 264 g/mol. The van der Waals surface area contributed by atoms with E-state index in [2.05, 4.69) is 27.5 Å². The molecular formula is C14H24N4O. The highest BCUT2D eigenvalue weighted by Gasteiger charge is 2.16. The van der Waals surface area contributed by atoms with Crippen molar-refractivity contribution in [2.45, 2.75) is 32.1 Å². The molecule has 0 saturated carbocycles. The molecule has 0 unspecified atom stereocenters. The molecule has 1 atom stereocenters. The Kier molecular flexibility index (Phi) is 5.39. The van der Waals surface area contributed by atoms with Crippen LogP contribution in [0.25, 0.3) is 0 Å². The average Bonchev–Trinajstić information content (AvgIpc) is 2.89. The van der Waals surface area contributed by atoms with Crippen LogP contribution in [-0.2, 0) is 11.2 Å². The lowest BCUT2D eigenvalue weighted by Gasteiger charge is -2.29. The number of nitrogens with zero attached hydrogens (tertiary/aromatic N) is 2. The predicted octanol–water partition coefficient (Wildman–Crippen LogP) is 1.19. The van der Waals surface area contributed by atoms with Crippen molar-refractivity contribution in [3.05, 3.63) is 18.0 Å². The Morgan fingerprint density at radius 1 is 1.63 bits per heavy atom. The fourth-order valence-corrected chi connectivity index (χ4v) is 2.69. The number of nitrogens with one attached hydrogen (secondary N) is 2. The minimum absolute atomic E-state index is 0.144. The number of hydrogen-bond donors (Lipinski definition) is 2. The number of carbonyl (C=O) groups is 1. The zero-order valence-electron chi connectivity index (χ0n) is 11.7. The molecule has 106 valence electrons. The van der Waals surface area contributed by atoms with Gasteiger partial charge in [-0.15, -0.1) is 0 Å². The largest absolute Gasteiger partial charge is 0.356 e. The van der Waals surface area contributed by atoms with E-state index in [0.717, 1.165) is 30.9 Å². The van der Waals surface area contributed by atoms with E-state index in [4.69, 9.17) is 0 Å². The number of piperidine rings is 1. The number of aromatic nitrogens is 2. The number of carbonyl (C=O) groups excluding carboxylic acids is 1. The van der Waals surface area contributed by atoms with Gasteiger partial charge in [-0.05, 0) is 50.8 Å². The zero-order chi connectivity index (χ0) is 13.5. The van der Waals surface area contributed by atoms with Crippen molar-refractivity contribution < 1.29 is 4.79 Å². The average molecular weight is 264 g/mol. The van der Waals surface area contributed by atoms with Crippen molar-refractivity contribution in [1.29, 1.82) is 0 Å². The normalized spacial score (nSPS) is 20.4. The molecule has 0 spiro atoms. The summed E-state index contributed by atoms with van der Waals surface area (Å²) in [5, 5.41) is 9.65. The molecule has 1 aliphatic heterocycles. The van der Waals surface area contributed by atoms with Crippen LogP contribution in [0.2, 0.25) is 0 Å². The third kappa shape index (κ3) is 5.03. The first-order valence-electron chi connectivity index (χ1n) is 7.17. The summed E-state index contributed by atoms with van der Waals surface area (Å²) in [5.74, 6) is 0.887. The molecule has 1 aromatic heterocycles. The van der Waals surface area contributed by atoms with E-state index in [-0.39, 0.29) is 5.91 Å². The number of rotatable bonds is 6. The van der Waals surface area contributed by atoms with Crippen LogP contribution in [0.15, 0.2) is 12.4 Å². The van der Waals surface area contributed by atoms with Crippen LogP contribution in [-0.4, -0.2) is 47.7 Å². The molecule has 1 aliphatic rings. The van der Waals surface area contributed by atoms with Crippen molar-refractivity contribution >= 4 is 5.91 Å². The maximum atomic E-state index is 11.7. The fraction of sp³-hybridized carbons (Fsp3) is 0.714. The number of hydrogen-bond acceptors (Lipinski definition) is 3. The molecular weight excluding hydrogens is 240 g/mol. The van der Waals surface area contributed by atoms with Crippen molar-refractivity contribution in [2.24, 2.45) is 5.92 Å². The van der Waals surface area contributed by atoms with Gasteiger partial charge in [-0.25, -0.2) is 0 Å². The Morgan fingerprint density at radius 2 is 2.53 bits per heavy atom. The molecule has 0 aliphatic carbocycles. The topological polar surface area (TPSA) is 61.0 Å². The maximum absolute atomic E-state index is 11.7. The molecule has 2 N–H and O–H groups in total. The van der Waals surface area contributed by atoms with Crippen LogP contribution < -0.4 is 5.32 Å².